The van der Waals surface area contributed by atoms with Crippen LogP contribution >= 0.6 is 0 Å². The number of ether oxygens (including phenoxy) is 2. The van der Waals surface area contributed by atoms with Gasteiger partial charge in [-0.25, -0.2) is 0 Å². The predicted molar refractivity (Wildman–Crippen MR) is 76.2 cm³/mol. The van der Waals surface area contributed by atoms with E-state index in [1.165, 1.54) is 26.0 Å². The Morgan fingerprint density at radius 1 is 1.10 bits per heavy atom. The maximum atomic E-state index is 11.8. The molecule has 0 aliphatic rings. The highest BCUT2D eigenvalue weighted by atomic mass is 16.6. The van der Waals surface area contributed by atoms with Gasteiger partial charge >= 0.3 is 11.9 Å². The minimum Gasteiger partial charge on any atom is -0.423 e. The molecule has 6 heteroatoms. The minimum absolute atomic E-state index is 0.117. The molecule has 1 N–H and O–H groups in total. The summed E-state index contributed by atoms with van der Waals surface area (Å²) >= 11 is 0. The fraction of sp³-hybridized carbons (Fsp3) is 0.400. The standard InChI is InChI=1S/C15H19NO5/c1-5-16-15(19)9(2)12-6-7-13(20-10(3)17)14(8-12)21-11(4)18/h6-9H,5H2,1-4H3,(H,16,19). The van der Waals surface area contributed by atoms with Gasteiger partial charge in [0.2, 0.25) is 5.91 Å². The molecule has 0 bridgehead atoms. The van der Waals surface area contributed by atoms with Gasteiger partial charge in [0.25, 0.3) is 0 Å². The Balaban J connectivity index is 3.10. The van der Waals surface area contributed by atoms with Crippen LogP contribution in [0.15, 0.2) is 18.2 Å². The first kappa shape index (κ1) is 16.7. The SMILES string of the molecule is CCNC(=O)C(C)c1ccc(OC(C)=O)c(OC(C)=O)c1. The van der Waals surface area contributed by atoms with Gasteiger partial charge in [0.1, 0.15) is 0 Å². The van der Waals surface area contributed by atoms with E-state index in [1.54, 1.807) is 13.0 Å². The third-order valence-corrected chi connectivity index (χ3v) is 2.72. The average molecular weight is 293 g/mol. The second kappa shape index (κ2) is 7.42. The summed E-state index contributed by atoms with van der Waals surface area (Å²) in [6, 6.07) is 4.69. The lowest BCUT2D eigenvalue weighted by Gasteiger charge is -2.14. The highest BCUT2D eigenvalue weighted by Gasteiger charge is 2.18. The molecule has 0 heterocycles. The molecule has 0 fully saturated rings. The first-order valence-corrected chi connectivity index (χ1v) is 6.63. The minimum atomic E-state index is -0.536. The number of rotatable bonds is 5. The molecule has 21 heavy (non-hydrogen) atoms. The molecule has 1 amide bonds. The van der Waals surface area contributed by atoms with Crippen LogP contribution in [0.2, 0.25) is 0 Å². The van der Waals surface area contributed by atoms with Crippen LogP contribution in [0.4, 0.5) is 0 Å². The van der Waals surface area contributed by atoms with Crippen LogP contribution in [0.3, 0.4) is 0 Å². The monoisotopic (exact) mass is 293 g/mol. The van der Waals surface area contributed by atoms with Crippen LogP contribution in [-0.2, 0) is 14.4 Å². The molecule has 0 saturated heterocycles. The second-order valence-electron chi connectivity index (χ2n) is 4.51. The van der Waals surface area contributed by atoms with Crippen LogP contribution in [0.1, 0.15) is 39.2 Å². The Labute approximate surface area is 123 Å². The van der Waals surface area contributed by atoms with Crippen molar-refractivity contribution in [3.8, 4) is 11.5 Å². The maximum absolute atomic E-state index is 11.8. The number of carbonyl (C=O) groups is 3. The van der Waals surface area contributed by atoms with Crippen LogP contribution in [0.25, 0.3) is 0 Å². The summed E-state index contributed by atoms with van der Waals surface area (Å²) in [5, 5.41) is 2.72. The Morgan fingerprint density at radius 3 is 2.19 bits per heavy atom. The van der Waals surface area contributed by atoms with E-state index < -0.39 is 17.9 Å². The van der Waals surface area contributed by atoms with Crippen molar-refractivity contribution in [2.75, 3.05) is 6.54 Å². The van der Waals surface area contributed by atoms with E-state index in [-0.39, 0.29) is 17.4 Å². The number of nitrogens with one attached hydrogen (secondary N) is 1. The number of benzene rings is 1. The van der Waals surface area contributed by atoms with Gasteiger partial charge in [-0.05, 0) is 31.5 Å². The Morgan fingerprint density at radius 2 is 1.67 bits per heavy atom. The number of carbonyl (C=O) groups excluding carboxylic acids is 3. The molecule has 1 aromatic rings. The molecule has 0 spiro atoms. The van der Waals surface area contributed by atoms with Gasteiger partial charge in [0.05, 0.1) is 5.92 Å². The molecule has 0 aromatic heterocycles. The Bertz CT molecular complexity index is 553. The fourth-order valence-electron chi connectivity index (χ4n) is 1.75. The lowest BCUT2D eigenvalue weighted by atomic mass is 10.00. The van der Waals surface area contributed by atoms with Crippen molar-refractivity contribution in [3.05, 3.63) is 23.8 Å². The quantitative estimate of drug-likeness (QED) is 0.661. The lowest BCUT2D eigenvalue weighted by molar-refractivity contribution is -0.134. The van der Waals surface area contributed by atoms with Crippen molar-refractivity contribution in [1.82, 2.24) is 5.32 Å². The molecule has 1 aromatic carbocycles. The van der Waals surface area contributed by atoms with E-state index in [0.717, 1.165) is 0 Å². The third-order valence-electron chi connectivity index (χ3n) is 2.72. The van der Waals surface area contributed by atoms with Gasteiger partial charge in [-0.1, -0.05) is 6.07 Å². The van der Waals surface area contributed by atoms with Gasteiger partial charge in [-0.2, -0.15) is 0 Å². The summed E-state index contributed by atoms with van der Waals surface area (Å²) in [6.45, 7) is 6.60. The summed E-state index contributed by atoms with van der Waals surface area (Å²) < 4.78 is 10.0. The van der Waals surface area contributed by atoms with E-state index in [0.29, 0.717) is 12.1 Å². The van der Waals surface area contributed by atoms with Gasteiger partial charge in [-0.15, -0.1) is 0 Å². The summed E-state index contributed by atoms with van der Waals surface area (Å²) in [5.74, 6) is -1.34. The number of hydrogen-bond donors (Lipinski definition) is 1. The van der Waals surface area contributed by atoms with E-state index in [2.05, 4.69) is 5.32 Å². The molecule has 1 unspecified atom stereocenters. The third kappa shape index (κ3) is 4.91. The average Bonchev–Trinajstić information content (AvgIpc) is 2.39. The van der Waals surface area contributed by atoms with E-state index >= 15 is 0 Å². The van der Waals surface area contributed by atoms with Gasteiger partial charge in [0.15, 0.2) is 11.5 Å². The molecule has 1 atom stereocenters. The zero-order valence-corrected chi connectivity index (χ0v) is 12.6. The van der Waals surface area contributed by atoms with E-state index in [4.69, 9.17) is 9.47 Å². The number of hydrogen-bond acceptors (Lipinski definition) is 5. The number of esters is 2. The topological polar surface area (TPSA) is 81.7 Å². The maximum Gasteiger partial charge on any atom is 0.308 e. The van der Waals surface area contributed by atoms with Gasteiger partial charge in [0, 0.05) is 20.4 Å². The molecule has 0 saturated carbocycles. The largest absolute Gasteiger partial charge is 0.423 e. The highest BCUT2D eigenvalue weighted by molar-refractivity contribution is 5.83. The molecule has 6 nitrogen and oxygen atoms in total. The van der Waals surface area contributed by atoms with Crippen LogP contribution in [0.5, 0.6) is 11.5 Å². The van der Waals surface area contributed by atoms with E-state index in [1.807, 2.05) is 6.92 Å². The summed E-state index contributed by atoms with van der Waals surface area (Å²) in [4.78, 5) is 34.0. The van der Waals surface area contributed by atoms with Crippen molar-refractivity contribution in [2.24, 2.45) is 0 Å². The number of amides is 1. The predicted octanol–water partition coefficient (Wildman–Crippen LogP) is 1.78. The van der Waals surface area contributed by atoms with Crippen LogP contribution < -0.4 is 14.8 Å². The van der Waals surface area contributed by atoms with Crippen LogP contribution in [0, 0.1) is 0 Å². The van der Waals surface area contributed by atoms with Gasteiger partial charge in [-0.3, -0.25) is 14.4 Å². The summed E-state index contributed by atoms with van der Waals surface area (Å²) in [5.41, 5.74) is 0.660. The molecule has 114 valence electrons. The number of likely N-dealkylation sites (N-methyl/N-ethyl adjacent to an activating group) is 1. The normalized spacial score (nSPS) is 11.4. The Kier molecular flexibility index (Phi) is 5.90. The molecule has 0 aliphatic carbocycles. The zero-order chi connectivity index (χ0) is 16.0. The van der Waals surface area contributed by atoms with Crippen molar-refractivity contribution < 1.29 is 23.9 Å². The summed E-state index contributed by atoms with van der Waals surface area (Å²) in [6.07, 6.45) is 0. The first-order chi connectivity index (χ1) is 9.85. The zero-order valence-electron chi connectivity index (χ0n) is 12.6. The second-order valence-corrected chi connectivity index (χ2v) is 4.51. The van der Waals surface area contributed by atoms with Crippen molar-refractivity contribution in [3.63, 3.8) is 0 Å². The van der Waals surface area contributed by atoms with E-state index in [9.17, 15) is 14.4 Å². The first-order valence-electron chi connectivity index (χ1n) is 6.63. The van der Waals surface area contributed by atoms with Gasteiger partial charge < -0.3 is 14.8 Å². The molecule has 0 aliphatic heterocycles. The molecular formula is C15H19NO5. The highest BCUT2D eigenvalue weighted by Crippen LogP contribution is 2.31. The molecule has 0 radical (unpaired) electrons. The van der Waals surface area contributed by atoms with Crippen LogP contribution in [-0.4, -0.2) is 24.4 Å². The summed E-state index contributed by atoms with van der Waals surface area (Å²) in [7, 11) is 0. The molecule has 1 rings (SSSR count). The lowest BCUT2D eigenvalue weighted by Crippen LogP contribution is -2.27. The Hall–Kier alpha value is -2.37. The smallest absolute Gasteiger partial charge is 0.308 e. The van der Waals surface area contributed by atoms with Crippen molar-refractivity contribution >= 4 is 17.8 Å². The fourth-order valence-corrected chi connectivity index (χ4v) is 1.75. The van der Waals surface area contributed by atoms with Crippen molar-refractivity contribution in [1.29, 1.82) is 0 Å². The molecular weight excluding hydrogens is 274 g/mol. The van der Waals surface area contributed by atoms with Crippen molar-refractivity contribution in [2.45, 2.75) is 33.6 Å².